The number of carboxylic acids is 1. The lowest BCUT2D eigenvalue weighted by Crippen LogP contribution is -2.49. The van der Waals surface area contributed by atoms with E-state index in [9.17, 15) is 4.79 Å². The van der Waals surface area contributed by atoms with Crippen molar-refractivity contribution in [1.82, 2.24) is 5.32 Å². The molecule has 0 amide bonds. The molecule has 15 heavy (non-hydrogen) atoms. The van der Waals surface area contributed by atoms with Crippen LogP contribution in [0.3, 0.4) is 0 Å². The third-order valence-electron chi connectivity index (χ3n) is 2.65. The second kappa shape index (κ2) is 5.28. The van der Waals surface area contributed by atoms with Gasteiger partial charge in [0.2, 0.25) is 0 Å². The fourth-order valence-corrected chi connectivity index (χ4v) is 1.98. The molecule has 1 atom stereocenters. The van der Waals surface area contributed by atoms with Gasteiger partial charge in [0.05, 0.1) is 0 Å². The standard InChI is InChI=1S/C11H17NO2S/c1-3-11(2,10(13)14)12-7-6-9-5-4-8-15-9/h4-5,8,12H,3,6-7H2,1-2H3,(H,13,14). The van der Waals surface area contributed by atoms with Gasteiger partial charge in [-0.05, 0) is 31.2 Å². The SMILES string of the molecule is CCC(C)(NCCc1cccs1)C(=O)O. The van der Waals surface area contributed by atoms with E-state index in [1.807, 2.05) is 18.4 Å². The van der Waals surface area contributed by atoms with Crippen molar-refractivity contribution >= 4 is 17.3 Å². The molecule has 1 aromatic heterocycles. The van der Waals surface area contributed by atoms with Crippen LogP contribution in [-0.4, -0.2) is 23.2 Å². The fraction of sp³-hybridized carbons (Fsp3) is 0.545. The Kier molecular flexibility index (Phi) is 4.29. The van der Waals surface area contributed by atoms with E-state index < -0.39 is 11.5 Å². The summed E-state index contributed by atoms with van der Waals surface area (Å²) in [6.07, 6.45) is 1.48. The molecule has 4 heteroatoms. The normalized spacial score (nSPS) is 14.8. The lowest BCUT2D eigenvalue weighted by molar-refractivity contribution is -0.144. The number of carboxylic acid groups (broad SMARTS) is 1. The number of nitrogens with one attached hydrogen (secondary N) is 1. The molecule has 1 rings (SSSR count). The number of hydrogen-bond acceptors (Lipinski definition) is 3. The minimum Gasteiger partial charge on any atom is -0.480 e. The fourth-order valence-electron chi connectivity index (χ4n) is 1.27. The number of carbonyl (C=O) groups is 1. The van der Waals surface area contributed by atoms with Crippen LogP contribution in [0.15, 0.2) is 17.5 Å². The molecule has 0 aliphatic heterocycles. The monoisotopic (exact) mass is 227 g/mol. The number of aliphatic carboxylic acids is 1. The van der Waals surface area contributed by atoms with E-state index in [1.165, 1.54) is 4.88 Å². The Morgan fingerprint density at radius 3 is 2.87 bits per heavy atom. The summed E-state index contributed by atoms with van der Waals surface area (Å²) in [4.78, 5) is 12.3. The number of rotatable bonds is 6. The topological polar surface area (TPSA) is 49.3 Å². The lowest BCUT2D eigenvalue weighted by Gasteiger charge is -2.24. The van der Waals surface area contributed by atoms with Crippen molar-refractivity contribution in [3.63, 3.8) is 0 Å². The average molecular weight is 227 g/mol. The van der Waals surface area contributed by atoms with Crippen LogP contribution in [0.4, 0.5) is 0 Å². The first-order valence-electron chi connectivity index (χ1n) is 5.09. The van der Waals surface area contributed by atoms with Crippen LogP contribution in [0.25, 0.3) is 0 Å². The zero-order valence-electron chi connectivity index (χ0n) is 9.12. The molecule has 0 saturated heterocycles. The minimum atomic E-state index is -0.794. The van der Waals surface area contributed by atoms with E-state index in [0.29, 0.717) is 13.0 Å². The van der Waals surface area contributed by atoms with Crippen LogP contribution in [0.2, 0.25) is 0 Å². The predicted octanol–water partition coefficient (Wildman–Crippen LogP) is 2.13. The van der Waals surface area contributed by atoms with Gasteiger partial charge in [-0.1, -0.05) is 13.0 Å². The van der Waals surface area contributed by atoms with Crippen molar-refractivity contribution in [3.8, 4) is 0 Å². The molecule has 0 saturated carbocycles. The Balaban J connectivity index is 2.38. The molecule has 0 aliphatic rings. The first kappa shape index (κ1) is 12.2. The summed E-state index contributed by atoms with van der Waals surface area (Å²) in [5.74, 6) is -0.781. The zero-order valence-corrected chi connectivity index (χ0v) is 9.93. The molecule has 0 aliphatic carbocycles. The van der Waals surface area contributed by atoms with Crippen LogP contribution in [0, 0.1) is 0 Å². The van der Waals surface area contributed by atoms with Crippen molar-refractivity contribution in [2.75, 3.05) is 6.54 Å². The quantitative estimate of drug-likeness (QED) is 0.782. The van der Waals surface area contributed by atoms with Gasteiger partial charge in [-0.25, -0.2) is 0 Å². The zero-order chi connectivity index (χ0) is 11.3. The summed E-state index contributed by atoms with van der Waals surface area (Å²) in [6.45, 7) is 4.31. The number of hydrogen-bond donors (Lipinski definition) is 2. The molecule has 84 valence electrons. The molecule has 0 aromatic carbocycles. The molecule has 1 heterocycles. The van der Waals surface area contributed by atoms with E-state index in [0.717, 1.165) is 6.42 Å². The Morgan fingerprint density at radius 1 is 1.67 bits per heavy atom. The van der Waals surface area contributed by atoms with Gasteiger partial charge >= 0.3 is 5.97 Å². The summed E-state index contributed by atoms with van der Waals surface area (Å²) in [5, 5.41) is 14.2. The van der Waals surface area contributed by atoms with Crippen molar-refractivity contribution in [2.45, 2.75) is 32.2 Å². The number of thiophene rings is 1. The van der Waals surface area contributed by atoms with E-state index >= 15 is 0 Å². The Morgan fingerprint density at radius 2 is 2.40 bits per heavy atom. The van der Waals surface area contributed by atoms with Crippen LogP contribution < -0.4 is 5.32 Å². The minimum absolute atomic E-state index is 0.590. The summed E-state index contributed by atoms with van der Waals surface area (Å²) in [7, 11) is 0. The maximum absolute atomic E-state index is 11.0. The van der Waals surface area contributed by atoms with Crippen LogP contribution >= 0.6 is 11.3 Å². The molecular formula is C11H17NO2S. The van der Waals surface area contributed by atoms with E-state index in [1.54, 1.807) is 18.3 Å². The molecule has 2 N–H and O–H groups in total. The van der Waals surface area contributed by atoms with Crippen LogP contribution in [0.5, 0.6) is 0 Å². The highest BCUT2D eigenvalue weighted by atomic mass is 32.1. The van der Waals surface area contributed by atoms with Crippen molar-refractivity contribution < 1.29 is 9.90 Å². The van der Waals surface area contributed by atoms with E-state index in [2.05, 4.69) is 11.4 Å². The third-order valence-corrected chi connectivity index (χ3v) is 3.58. The molecule has 3 nitrogen and oxygen atoms in total. The van der Waals surface area contributed by atoms with Crippen LogP contribution in [0.1, 0.15) is 25.1 Å². The second-order valence-electron chi connectivity index (χ2n) is 3.75. The highest BCUT2D eigenvalue weighted by molar-refractivity contribution is 7.09. The van der Waals surface area contributed by atoms with Crippen molar-refractivity contribution in [2.24, 2.45) is 0 Å². The van der Waals surface area contributed by atoms with Gasteiger partial charge in [0.15, 0.2) is 0 Å². The first-order valence-corrected chi connectivity index (χ1v) is 5.97. The molecule has 0 bridgehead atoms. The van der Waals surface area contributed by atoms with Gasteiger partial charge in [-0.2, -0.15) is 0 Å². The molecule has 0 fully saturated rings. The summed E-state index contributed by atoms with van der Waals surface area (Å²) >= 11 is 1.70. The summed E-state index contributed by atoms with van der Waals surface area (Å²) < 4.78 is 0. The highest BCUT2D eigenvalue weighted by Gasteiger charge is 2.29. The Hall–Kier alpha value is -0.870. The first-order chi connectivity index (χ1) is 7.08. The molecule has 0 radical (unpaired) electrons. The molecule has 0 spiro atoms. The Labute approximate surface area is 94.1 Å². The summed E-state index contributed by atoms with van der Waals surface area (Å²) in [5.41, 5.74) is -0.794. The highest BCUT2D eigenvalue weighted by Crippen LogP contribution is 2.11. The molecule has 1 unspecified atom stereocenters. The Bertz CT molecular complexity index is 310. The van der Waals surface area contributed by atoms with E-state index in [4.69, 9.17) is 5.11 Å². The second-order valence-corrected chi connectivity index (χ2v) is 4.78. The summed E-state index contributed by atoms with van der Waals surface area (Å²) in [6, 6.07) is 4.08. The smallest absolute Gasteiger partial charge is 0.323 e. The van der Waals surface area contributed by atoms with E-state index in [-0.39, 0.29) is 0 Å². The van der Waals surface area contributed by atoms with Gasteiger partial charge in [0.1, 0.15) is 5.54 Å². The average Bonchev–Trinajstić information content (AvgIpc) is 2.70. The predicted molar refractivity (Wildman–Crippen MR) is 62.4 cm³/mol. The van der Waals surface area contributed by atoms with Crippen molar-refractivity contribution in [1.29, 1.82) is 0 Å². The maximum atomic E-state index is 11.0. The van der Waals surface area contributed by atoms with Gasteiger partial charge in [0.25, 0.3) is 0 Å². The van der Waals surface area contributed by atoms with Gasteiger partial charge in [0, 0.05) is 11.4 Å². The largest absolute Gasteiger partial charge is 0.480 e. The van der Waals surface area contributed by atoms with Gasteiger partial charge < -0.3 is 10.4 Å². The lowest BCUT2D eigenvalue weighted by atomic mass is 9.99. The third kappa shape index (κ3) is 3.32. The molecule has 1 aromatic rings. The maximum Gasteiger partial charge on any atom is 0.323 e. The molecular weight excluding hydrogens is 210 g/mol. The van der Waals surface area contributed by atoms with Crippen LogP contribution in [-0.2, 0) is 11.2 Å². The van der Waals surface area contributed by atoms with Gasteiger partial charge in [-0.15, -0.1) is 11.3 Å². The van der Waals surface area contributed by atoms with Gasteiger partial charge in [-0.3, -0.25) is 4.79 Å². The van der Waals surface area contributed by atoms with Crippen molar-refractivity contribution in [3.05, 3.63) is 22.4 Å².